The summed E-state index contributed by atoms with van der Waals surface area (Å²) in [7, 11) is 0. The minimum Gasteiger partial charge on any atom is -0.435 e. The Morgan fingerprint density at radius 1 is 1.11 bits per heavy atom. The number of nitrogens with zero attached hydrogens (tertiary/aromatic N) is 4. The van der Waals surface area contributed by atoms with E-state index in [-0.39, 0.29) is 11.6 Å². The zero-order valence-corrected chi connectivity index (χ0v) is 9.16. The molecule has 0 bridgehead atoms. The molecule has 0 fully saturated rings. The topological polar surface area (TPSA) is 109 Å². The summed E-state index contributed by atoms with van der Waals surface area (Å²) in [6.07, 6.45) is 2.63. The molecule has 2 aromatic rings. The van der Waals surface area contributed by atoms with Crippen molar-refractivity contribution >= 4 is 5.69 Å². The maximum atomic E-state index is 8.70. The van der Waals surface area contributed by atoms with Crippen molar-refractivity contribution < 1.29 is 4.74 Å². The number of nitrogen functional groups attached to an aromatic ring is 1. The van der Waals surface area contributed by atoms with Crippen LogP contribution in [-0.2, 0) is 0 Å². The fourth-order valence-corrected chi connectivity index (χ4v) is 1.25. The van der Waals surface area contributed by atoms with Crippen molar-refractivity contribution in [3.05, 3.63) is 41.9 Å². The van der Waals surface area contributed by atoms with Gasteiger partial charge in [0.1, 0.15) is 6.07 Å². The van der Waals surface area contributed by atoms with E-state index in [0.717, 1.165) is 0 Å². The highest BCUT2D eigenvalue weighted by Gasteiger charge is 2.05. The van der Waals surface area contributed by atoms with E-state index in [4.69, 9.17) is 21.0 Å². The second-order valence-corrected chi connectivity index (χ2v) is 3.32. The van der Waals surface area contributed by atoms with Gasteiger partial charge >= 0.3 is 0 Å². The Bertz CT molecular complexity index is 652. The first-order valence-corrected chi connectivity index (χ1v) is 4.92. The van der Waals surface area contributed by atoms with Gasteiger partial charge in [0, 0.05) is 0 Å². The molecule has 0 aliphatic rings. The summed E-state index contributed by atoms with van der Waals surface area (Å²) in [5.74, 6) is 0.610. The number of hydrogen-bond acceptors (Lipinski definition) is 6. The molecular weight excluding hydrogens is 230 g/mol. The van der Waals surface area contributed by atoms with E-state index >= 15 is 0 Å². The molecule has 18 heavy (non-hydrogen) atoms. The molecular formula is C12H7N5O. The van der Waals surface area contributed by atoms with Gasteiger partial charge in [0.2, 0.25) is 5.88 Å². The fourth-order valence-electron chi connectivity index (χ4n) is 1.25. The standard InChI is InChI=1S/C12H7N5O/c13-4-8-1-2-11(10(15)3-8)18-12-7-16-9(5-14)6-17-12/h1-3,6-7H,15H2. The molecule has 0 saturated heterocycles. The zero-order valence-electron chi connectivity index (χ0n) is 9.16. The van der Waals surface area contributed by atoms with Gasteiger partial charge in [0.25, 0.3) is 0 Å². The van der Waals surface area contributed by atoms with Crippen LogP contribution in [0, 0.1) is 22.7 Å². The number of hydrogen-bond donors (Lipinski definition) is 1. The summed E-state index contributed by atoms with van der Waals surface area (Å²) >= 11 is 0. The van der Waals surface area contributed by atoms with E-state index in [2.05, 4.69) is 9.97 Å². The van der Waals surface area contributed by atoms with E-state index < -0.39 is 0 Å². The van der Waals surface area contributed by atoms with Crippen LogP contribution in [0.25, 0.3) is 0 Å². The number of nitrogens with two attached hydrogens (primary N) is 1. The molecule has 1 aromatic heterocycles. The average molecular weight is 237 g/mol. The molecule has 6 nitrogen and oxygen atoms in total. The van der Waals surface area contributed by atoms with Crippen molar-refractivity contribution in [2.75, 3.05) is 5.73 Å². The molecule has 0 unspecified atom stereocenters. The smallest absolute Gasteiger partial charge is 0.238 e. The van der Waals surface area contributed by atoms with Crippen molar-refractivity contribution in [3.63, 3.8) is 0 Å². The summed E-state index contributed by atoms with van der Waals surface area (Å²) in [5.41, 5.74) is 6.71. The van der Waals surface area contributed by atoms with Crippen molar-refractivity contribution in [1.29, 1.82) is 10.5 Å². The molecule has 86 valence electrons. The van der Waals surface area contributed by atoms with Crippen molar-refractivity contribution in [3.8, 4) is 23.8 Å². The second-order valence-electron chi connectivity index (χ2n) is 3.32. The number of rotatable bonds is 2. The maximum absolute atomic E-state index is 8.70. The molecule has 0 saturated carbocycles. The molecule has 0 spiro atoms. The van der Waals surface area contributed by atoms with Crippen LogP contribution in [0.5, 0.6) is 11.6 Å². The van der Waals surface area contributed by atoms with Gasteiger partial charge in [-0.15, -0.1) is 0 Å². The average Bonchev–Trinajstić information content (AvgIpc) is 2.42. The number of nitriles is 2. The number of aromatic nitrogens is 2. The van der Waals surface area contributed by atoms with Crippen LogP contribution in [0.4, 0.5) is 5.69 Å². The van der Waals surface area contributed by atoms with Gasteiger partial charge in [-0.1, -0.05) is 0 Å². The summed E-state index contributed by atoms with van der Waals surface area (Å²) < 4.78 is 5.39. The zero-order chi connectivity index (χ0) is 13.0. The molecule has 1 aromatic carbocycles. The number of ether oxygens (including phenoxy) is 1. The highest BCUT2D eigenvalue weighted by molar-refractivity contribution is 5.57. The summed E-state index contributed by atoms with van der Waals surface area (Å²) in [6, 6.07) is 8.50. The molecule has 0 atom stereocenters. The van der Waals surface area contributed by atoms with Gasteiger partial charge in [0.05, 0.1) is 29.7 Å². The largest absolute Gasteiger partial charge is 0.435 e. The molecule has 0 radical (unpaired) electrons. The minimum atomic E-state index is 0.204. The Hall–Kier alpha value is -3.12. The van der Waals surface area contributed by atoms with E-state index in [1.807, 2.05) is 12.1 Å². The molecule has 0 aliphatic heterocycles. The monoisotopic (exact) mass is 237 g/mol. The second kappa shape index (κ2) is 4.81. The first-order chi connectivity index (χ1) is 8.72. The predicted octanol–water partition coefficient (Wildman–Crippen LogP) is 1.59. The lowest BCUT2D eigenvalue weighted by Crippen LogP contribution is -1.95. The van der Waals surface area contributed by atoms with Crippen LogP contribution in [0.15, 0.2) is 30.6 Å². The van der Waals surface area contributed by atoms with Crippen LogP contribution in [-0.4, -0.2) is 9.97 Å². The Morgan fingerprint density at radius 3 is 2.50 bits per heavy atom. The van der Waals surface area contributed by atoms with Gasteiger partial charge in [-0.05, 0) is 18.2 Å². The summed E-state index contributed by atoms with van der Waals surface area (Å²) in [5, 5.41) is 17.3. The SMILES string of the molecule is N#Cc1ccc(Oc2cnc(C#N)cn2)c(N)c1. The fraction of sp³-hybridized carbons (Fsp3) is 0. The third-order valence-electron chi connectivity index (χ3n) is 2.10. The molecule has 6 heteroatoms. The highest BCUT2D eigenvalue weighted by Crippen LogP contribution is 2.26. The van der Waals surface area contributed by atoms with Crippen LogP contribution in [0.2, 0.25) is 0 Å². The molecule has 0 aliphatic carbocycles. The first kappa shape index (κ1) is 11.4. The molecule has 1 heterocycles. The maximum Gasteiger partial charge on any atom is 0.238 e. The molecule has 0 amide bonds. The Labute approximate surface area is 103 Å². The first-order valence-electron chi connectivity index (χ1n) is 4.92. The quantitative estimate of drug-likeness (QED) is 0.794. The van der Waals surface area contributed by atoms with E-state index in [9.17, 15) is 0 Å². The lowest BCUT2D eigenvalue weighted by atomic mass is 10.2. The van der Waals surface area contributed by atoms with E-state index in [0.29, 0.717) is 17.0 Å². The van der Waals surface area contributed by atoms with Gasteiger partial charge in [-0.25, -0.2) is 9.97 Å². The lowest BCUT2D eigenvalue weighted by molar-refractivity contribution is 0.462. The number of benzene rings is 1. The Morgan fingerprint density at radius 2 is 1.94 bits per heavy atom. The van der Waals surface area contributed by atoms with Crippen molar-refractivity contribution in [1.82, 2.24) is 9.97 Å². The molecule has 2 rings (SSSR count). The summed E-state index contributed by atoms with van der Waals surface area (Å²) in [4.78, 5) is 7.72. The predicted molar refractivity (Wildman–Crippen MR) is 62.4 cm³/mol. The highest BCUT2D eigenvalue weighted by atomic mass is 16.5. The number of anilines is 1. The normalized spacial score (nSPS) is 9.22. The van der Waals surface area contributed by atoms with Crippen molar-refractivity contribution in [2.24, 2.45) is 0 Å². The minimum absolute atomic E-state index is 0.204. The van der Waals surface area contributed by atoms with Crippen LogP contribution < -0.4 is 10.5 Å². The van der Waals surface area contributed by atoms with Crippen LogP contribution in [0.1, 0.15) is 11.3 Å². The van der Waals surface area contributed by atoms with Gasteiger partial charge in [0.15, 0.2) is 11.4 Å². The Balaban J connectivity index is 2.24. The lowest BCUT2D eigenvalue weighted by Gasteiger charge is -2.06. The van der Waals surface area contributed by atoms with E-state index in [1.54, 1.807) is 12.1 Å². The van der Waals surface area contributed by atoms with Crippen LogP contribution >= 0.6 is 0 Å². The van der Waals surface area contributed by atoms with Gasteiger partial charge < -0.3 is 10.5 Å². The third-order valence-corrected chi connectivity index (χ3v) is 2.10. The van der Waals surface area contributed by atoms with Crippen molar-refractivity contribution in [2.45, 2.75) is 0 Å². The third kappa shape index (κ3) is 2.34. The van der Waals surface area contributed by atoms with Crippen LogP contribution in [0.3, 0.4) is 0 Å². The molecule has 2 N–H and O–H groups in total. The van der Waals surface area contributed by atoms with E-state index in [1.165, 1.54) is 18.5 Å². The summed E-state index contributed by atoms with van der Waals surface area (Å²) in [6.45, 7) is 0. The Kier molecular flexibility index (Phi) is 3.04. The van der Waals surface area contributed by atoms with Gasteiger partial charge in [-0.2, -0.15) is 10.5 Å². The van der Waals surface area contributed by atoms with Gasteiger partial charge in [-0.3, -0.25) is 0 Å².